The fourth-order valence-electron chi connectivity index (χ4n) is 3.65. The minimum Gasteiger partial charge on any atom is -0.484 e. The van der Waals surface area contributed by atoms with Crippen LogP contribution in [-0.4, -0.2) is 60.2 Å². The summed E-state index contributed by atoms with van der Waals surface area (Å²) >= 11 is 0. The lowest BCUT2D eigenvalue weighted by Crippen LogP contribution is -2.52. The second-order valence-corrected chi connectivity index (χ2v) is 7.06. The van der Waals surface area contributed by atoms with Crippen molar-refractivity contribution in [3.63, 3.8) is 0 Å². The lowest BCUT2D eigenvalue weighted by atomic mass is 10.1. The fourth-order valence-corrected chi connectivity index (χ4v) is 3.65. The first-order valence-electron chi connectivity index (χ1n) is 9.35. The summed E-state index contributed by atoms with van der Waals surface area (Å²) < 4.78 is 5.54. The summed E-state index contributed by atoms with van der Waals surface area (Å²) in [6, 6.07) is 6.84. The number of carbonyl (C=O) groups excluding carboxylic acids is 3. The van der Waals surface area contributed by atoms with Crippen LogP contribution in [0.3, 0.4) is 0 Å². The molecule has 1 aromatic carbocycles. The molecule has 2 fully saturated rings. The van der Waals surface area contributed by atoms with Gasteiger partial charge in [0, 0.05) is 37.7 Å². The largest absolute Gasteiger partial charge is 0.484 e. The van der Waals surface area contributed by atoms with Crippen LogP contribution in [0, 0.1) is 5.92 Å². The van der Waals surface area contributed by atoms with E-state index >= 15 is 0 Å². The molecular weight excluding hydrogens is 332 g/mol. The highest BCUT2D eigenvalue weighted by Gasteiger charge is 2.30. The van der Waals surface area contributed by atoms with E-state index in [2.05, 4.69) is 0 Å². The maximum Gasteiger partial charge on any atom is 0.260 e. The highest BCUT2D eigenvalue weighted by Crippen LogP contribution is 2.27. The summed E-state index contributed by atoms with van der Waals surface area (Å²) in [7, 11) is 0. The minimum atomic E-state index is -0.0915. The number of benzene rings is 1. The lowest BCUT2D eigenvalue weighted by molar-refractivity contribution is -0.142. The SMILES string of the molecule is CC(=O)c1cccc(OCC(=O)N2CCN(C(=O)C3CCCC3)CC2)c1. The maximum atomic E-state index is 12.4. The third kappa shape index (κ3) is 4.42. The van der Waals surface area contributed by atoms with Crippen molar-refractivity contribution in [1.82, 2.24) is 9.80 Å². The standard InChI is InChI=1S/C20H26N2O4/c1-15(23)17-7-4-8-18(13-17)26-14-19(24)21-9-11-22(12-10-21)20(25)16-5-2-3-6-16/h4,7-8,13,16H,2-3,5-6,9-12,14H2,1H3. The summed E-state index contributed by atoms with van der Waals surface area (Å²) in [6.07, 6.45) is 4.31. The number of carbonyl (C=O) groups is 3. The Morgan fingerprint density at radius 1 is 1.04 bits per heavy atom. The molecule has 0 radical (unpaired) electrons. The number of hydrogen-bond acceptors (Lipinski definition) is 4. The first-order chi connectivity index (χ1) is 12.5. The molecular formula is C20H26N2O4. The fraction of sp³-hybridized carbons (Fsp3) is 0.550. The van der Waals surface area contributed by atoms with Crippen molar-refractivity contribution < 1.29 is 19.1 Å². The van der Waals surface area contributed by atoms with E-state index in [4.69, 9.17) is 4.74 Å². The van der Waals surface area contributed by atoms with Crippen molar-refractivity contribution in [1.29, 1.82) is 0 Å². The monoisotopic (exact) mass is 358 g/mol. The van der Waals surface area contributed by atoms with Crippen molar-refractivity contribution >= 4 is 17.6 Å². The van der Waals surface area contributed by atoms with Gasteiger partial charge in [-0.15, -0.1) is 0 Å². The van der Waals surface area contributed by atoms with Gasteiger partial charge in [0.1, 0.15) is 5.75 Å². The zero-order valence-electron chi connectivity index (χ0n) is 15.3. The Labute approximate surface area is 154 Å². The molecule has 1 saturated carbocycles. The molecule has 0 bridgehead atoms. The van der Waals surface area contributed by atoms with Gasteiger partial charge >= 0.3 is 0 Å². The van der Waals surface area contributed by atoms with Gasteiger partial charge in [-0.25, -0.2) is 0 Å². The van der Waals surface area contributed by atoms with Gasteiger partial charge in [0.05, 0.1) is 0 Å². The number of Topliss-reactive ketones (excluding diaryl/α,β-unsaturated/α-hetero) is 1. The highest BCUT2D eigenvalue weighted by molar-refractivity contribution is 5.94. The Kier molecular flexibility index (Phi) is 5.91. The molecule has 0 N–H and O–H groups in total. The first kappa shape index (κ1) is 18.4. The Hall–Kier alpha value is -2.37. The van der Waals surface area contributed by atoms with Crippen molar-refractivity contribution in [2.24, 2.45) is 5.92 Å². The van der Waals surface area contributed by atoms with Crippen LogP contribution in [0.5, 0.6) is 5.75 Å². The van der Waals surface area contributed by atoms with Crippen LogP contribution >= 0.6 is 0 Å². The molecule has 0 aromatic heterocycles. The van der Waals surface area contributed by atoms with Crippen molar-refractivity contribution in [3.05, 3.63) is 29.8 Å². The highest BCUT2D eigenvalue weighted by atomic mass is 16.5. The van der Waals surface area contributed by atoms with Crippen molar-refractivity contribution in [3.8, 4) is 5.75 Å². The average Bonchev–Trinajstić information content (AvgIpc) is 3.20. The molecule has 1 aliphatic heterocycles. The quantitative estimate of drug-likeness (QED) is 0.756. The third-order valence-electron chi connectivity index (χ3n) is 5.25. The molecule has 1 aliphatic carbocycles. The normalized spacial score (nSPS) is 18.0. The van der Waals surface area contributed by atoms with Gasteiger partial charge in [0.15, 0.2) is 12.4 Å². The molecule has 26 heavy (non-hydrogen) atoms. The predicted molar refractivity (Wildman–Crippen MR) is 97.1 cm³/mol. The lowest BCUT2D eigenvalue weighted by Gasteiger charge is -2.36. The molecule has 140 valence electrons. The zero-order chi connectivity index (χ0) is 18.5. The van der Waals surface area contributed by atoms with Gasteiger partial charge < -0.3 is 14.5 Å². The van der Waals surface area contributed by atoms with E-state index in [1.807, 2.05) is 4.90 Å². The van der Waals surface area contributed by atoms with E-state index in [-0.39, 0.29) is 30.1 Å². The number of ketones is 1. The van der Waals surface area contributed by atoms with Gasteiger partial charge in [0.25, 0.3) is 5.91 Å². The molecule has 6 heteroatoms. The first-order valence-corrected chi connectivity index (χ1v) is 9.35. The summed E-state index contributed by atoms with van der Waals surface area (Å²) in [4.78, 5) is 39.8. The van der Waals surface area contributed by atoms with Gasteiger partial charge in [-0.05, 0) is 31.9 Å². The van der Waals surface area contributed by atoms with Gasteiger partial charge in [-0.3, -0.25) is 14.4 Å². The molecule has 0 spiro atoms. The van der Waals surface area contributed by atoms with E-state index in [1.165, 1.54) is 6.92 Å². The van der Waals surface area contributed by atoms with Crippen LogP contribution in [0.15, 0.2) is 24.3 Å². The van der Waals surface area contributed by atoms with Crippen LogP contribution < -0.4 is 4.74 Å². The maximum absolute atomic E-state index is 12.4. The minimum absolute atomic E-state index is 0.0372. The Bertz CT molecular complexity index is 674. The molecule has 1 aromatic rings. The summed E-state index contributed by atoms with van der Waals surface area (Å²) in [5, 5.41) is 0. The number of nitrogens with zero attached hydrogens (tertiary/aromatic N) is 2. The molecule has 3 rings (SSSR count). The Morgan fingerprint density at radius 3 is 2.35 bits per heavy atom. The summed E-state index contributed by atoms with van der Waals surface area (Å²) in [5.41, 5.74) is 0.564. The summed E-state index contributed by atoms with van der Waals surface area (Å²) in [5.74, 6) is 0.832. The molecule has 0 atom stereocenters. The molecule has 6 nitrogen and oxygen atoms in total. The number of hydrogen-bond donors (Lipinski definition) is 0. The van der Waals surface area contributed by atoms with Gasteiger partial charge in [-0.2, -0.15) is 0 Å². The number of amides is 2. The second-order valence-electron chi connectivity index (χ2n) is 7.06. The van der Waals surface area contributed by atoms with Crippen LogP contribution in [0.4, 0.5) is 0 Å². The van der Waals surface area contributed by atoms with E-state index < -0.39 is 0 Å². The zero-order valence-corrected chi connectivity index (χ0v) is 15.3. The topological polar surface area (TPSA) is 66.9 Å². The summed E-state index contributed by atoms with van der Waals surface area (Å²) in [6.45, 7) is 3.73. The van der Waals surface area contributed by atoms with Crippen LogP contribution in [0.2, 0.25) is 0 Å². The molecule has 1 saturated heterocycles. The molecule has 2 amide bonds. The van der Waals surface area contributed by atoms with Gasteiger partial charge in [0.2, 0.25) is 5.91 Å². The smallest absolute Gasteiger partial charge is 0.260 e. The van der Waals surface area contributed by atoms with Crippen LogP contribution in [0.1, 0.15) is 43.0 Å². The van der Waals surface area contributed by atoms with Crippen molar-refractivity contribution in [2.45, 2.75) is 32.6 Å². The van der Waals surface area contributed by atoms with Crippen LogP contribution in [-0.2, 0) is 9.59 Å². The van der Waals surface area contributed by atoms with E-state index in [0.29, 0.717) is 37.5 Å². The average molecular weight is 358 g/mol. The second kappa shape index (κ2) is 8.34. The Morgan fingerprint density at radius 2 is 1.69 bits per heavy atom. The van der Waals surface area contributed by atoms with Gasteiger partial charge in [-0.1, -0.05) is 25.0 Å². The number of piperazine rings is 1. The molecule has 2 aliphatic rings. The number of rotatable bonds is 5. The third-order valence-corrected chi connectivity index (χ3v) is 5.25. The predicted octanol–water partition coefficient (Wildman–Crippen LogP) is 2.13. The number of ether oxygens (including phenoxy) is 1. The van der Waals surface area contributed by atoms with Crippen LogP contribution in [0.25, 0.3) is 0 Å². The Balaban J connectivity index is 1.45. The molecule has 0 unspecified atom stereocenters. The van der Waals surface area contributed by atoms with E-state index in [0.717, 1.165) is 25.7 Å². The molecule has 1 heterocycles. The van der Waals surface area contributed by atoms with E-state index in [9.17, 15) is 14.4 Å². The van der Waals surface area contributed by atoms with Crippen molar-refractivity contribution in [2.75, 3.05) is 32.8 Å². The van der Waals surface area contributed by atoms with E-state index in [1.54, 1.807) is 29.2 Å².